The van der Waals surface area contributed by atoms with E-state index in [2.05, 4.69) is 16.8 Å². The molecular formula is C13H19ClN2O. The smallest absolute Gasteiger partial charge is 0.121 e. The van der Waals surface area contributed by atoms with Crippen molar-refractivity contribution in [1.82, 2.24) is 9.80 Å². The van der Waals surface area contributed by atoms with Gasteiger partial charge in [0.05, 0.1) is 0 Å². The number of phenolic OH excluding ortho intramolecular Hbond substituents is 1. The molecule has 17 heavy (non-hydrogen) atoms. The number of nitrogens with zero attached hydrogens (tertiary/aromatic N) is 2. The minimum Gasteiger partial charge on any atom is -0.508 e. The third kappa shape index (κ3) is 3.35. The molecule has 1 aromatic rings. The second-order valence-electron chi connectivity index (χ2n) is 4.67. The summed E-state index contributed by atoms with van der Waals surface area (Å²) in [6.45, 7) is 5.05. The second kappa shape index (κ2) is 5.71. The summed E-state index contributed by atoms with van der Waals surface area (Å²) in [6, 6.07) is 5.31. The highest BCUT2D eigenvalue weighted by Crippen LogP contribution is 2.26. The maximum Gasteiger partial charge on any atom is 0.121 e. The maximum atomic E-state index is 9.82. The van der Waals surface area contributed by atoms with E-state index in [1.807, 2.05) is 6.07 Å². The molecule has 0 unspecified atom stereocenters. The monoisotopic (exact) mass is 254 g/mol. The summed E-state index contributed by atoms with van der Waals surface area (Å²) in [6.07, 6.45) is 1.17. The fourth-order valence-electron chi connectivity index (χ4n) is 2.19. The van der Waals surface area contributed by atoms with Crippen molar-refractivity contribution < 1.29 is 5.11 Å². The molecule has 1 aliphatic heterocycles. The summed E-state index contributed by atoms with van der Waals surface area (Å²) in [7, 11) is 2.15. The van der Waals surface area contributed by atoms with Crippen LogP contribution in [0.25, 0.3) is 0 Å². The highest BCUT2D eigenvalue weighted by Gasteiger charge is 2.15. The lowest BCUT2D eigenvalue weighted by molar-refractivity contribution is 0.266. The van der Waals surface area contributed by atoms with Gasteiger partial charge in [0.2, 0.25) is 0 Å². The first-order valence-electron chi connectivity index (χ1n) is 6.04. The fraction of sp³-hybridized carbons (Fsp3) is 0.538. The van der Waals surface area contributed by atoms with Gasteiger partial charge in [0.1, 0.15) is 5.75 Å². The van der Waals surface area contributed by atoms with Crippen LogP contribution in [-0.2, 0) is 6.54 Å². The third-order valence-corrected chi connectivity index (χ3v) is 3.64. The summed E-state index contributed by atoms with van der Waals surface area (Å²) in [5, 5.41) is 10.5. The summed E-state index contributed by atoms with van der Waals surface area (Å²) in [5.74, 6) is 0.301. The lowest BCUT2D eigenvalue weighted by Crippen LogP contribution is -2.28. The molecule has 2 rings (SSSR count). The largest absolute Gasteiger partial charge is 0.508 e. The average Bonchev–Trinajstić information content (AvgIpc) is 2.49. The van der Waals surface area contributed by atoms with Crippen LogP contribution >= 0.6 is 11.6 Å². The molecule has 0 atom stereocenters. The van der Waals surface area contributed by atoms with Crippen LogP contribution < -0.4 is 0 Å². The molecule has 0 saturated carbocycles. The van der Waals surface area contributed by atoms with E-state index in [-0.39, 0.29) is 0 Å². The Hall–Kier alpha value is -0.770. The Kier molecular flexibility index (Phi) is 4.26. The zero-order valence-corrected chi connectivity index (χ0v) is 11.0. The number of likely N-dealkylation sites (N-methyl/N-ethyl adjacent to an activating group) is 1. The van der Waals surface area contributed by atoms with Gasteiger partial charge >= 0.3 is 0 Å². The summed E-state index contributed by atoms with van der Waals surface area (Å²) in [4.78, 5) is 4.69. The Labute approximate surface area is 108 Å². The van der Waals surface area contributed by atoms with Gasteiger partial charge in [-0.05, 0) is 38.7 Å². The van der Waals surface area contributed by atoms with E-state index in [4.69, 9.17) is 11.6 Å². The molecule has 1 aromatic carbocycles. The highest BCUT2D eigenvalue weighted by molar-refractivity contribution is 6.31. The Balaban J connectivity index is 2.05. The quantitative estimate of drug-likeness (QED) is 0.877. The first-order chi connectivity index (χ1) is 8.16. The van der Waals surface area contributed by atoms with E-state index in [1.165, 1.54) is 6.42 Å². The lowest BCUT2D eigenvalue weighted by atomic mass is 10.2. The molecular weight excluding hydrogens is 236 g/mol. The number of hydrogen-bond donors (Lipinski definition) is 1. The average molecular weight is 255 g/mol. The predicted molar refractivity (Wildman–Crippen MR) is 70.5 cm³/mol. The molecule has 0 aliphatic carbocycles. The van der Waals surface area contributed by atoms with E-state index < -0.39 is 0 Å². The minimum atomic E-state index is 0.301. The molecule has 0 spiro atoms. The van der Waals surface area contributed by atoms with Gasteiger partial charge in [-0.2, -0.15) is 0 Å². The molecule has 94 valence electrons. The van der Waals surface area contributed by atoms with Crippen LogP contribution in [0.2, 0.25) is 5.02 Å². The third-order valence-electron chi connectivity index (χ3n) is 3.29. The van der Waals surface area contributed by atoms with E-state index in [0.717, 1.165) is 38.3 Å². The van der Waals surface area contributed by atoms with Gasteiger partial charge in [0.15, 0.2) is 0 Å². The van der Waals surface area contributed by atoms with Crippen molar-refractivity contribution in [2.24, 2.45) is 0 Å². The van der Waals surface area contributed by atoms with E-state index >= 15 is 0 Å². The summed E-state index contributed by atoms with van der Waals surface area (Å²) >= 11 is 6.12. The predicted octanol–water partition coefficient (Wildman–Crippen LogP) is 2.18. The van der Waals surface area contributed by atoms with Crippen LogP contribution in [0.1, 0.15) is 12.0 Å². The van der Waals surface area contributed by atoms with E-state index in [9.17, 15) is 5.11 Å². The van der Waals surface area contributed by atoms with Gasteiger partial charge in [-0.1, -0.05) is 17.7 Å². The minimum absolute atomic E-state index is 0.301. The van der Waals surface area contributed by atoms with Gasteiger partial charge in [-0.25, -0.2) is 0 Å². The molecule has 1 N–H and O–H groups in total. The summed E-state index contributed by atoms with van der Waals surface area (Å²) < 4.78 is 0. The van der Waals surface area contributed by atoms with Crippen molar-refractivity contribution in [3.63, 3.8) is 0 Å². The Morgan fingerprint density at radius 3 is 2.82 bits per heavy atom. The van der Waals surface area contributed by atoms with Crippen molar-refractivity contribution in [1.29, 1.82) is 0 Å². The first-order valence-corrected chi connectivity index (χ1v) is 6.42. The van der Waals surface area contributed by atoms with Gasteiger partial charge in [0.25, 0.3) is 0 Å². The van der Waals surface area contributed by atoms with Crippen LogP contribution in [0.15, 0.2) is 18.2 Å². The zero-order chi connectivity index (χ0) is 12.3. The molecule has 0 amide bonds. The van der Waals surface area contributed by atoms with Gasteiger partial charge in [-0.15, -0.1) is 0 Å². The molecule has 0 aromatic heterocycles. The van der Waals surface area contributed by atoms with Crippen molar-refractivity contribution in [3.8, 4) is 5.75 Å². The molecule has 0 radical (unpaired) electrons. The normalized spacial score (nSPS) is 19.2. The van der Waals surface area contributed by atoms with Crippen molar-refractivity contribution in [2.45, 2.75) is 13.0 Å². The standard InChI is InChI=1S/C13H19ClN2O/c1-15-6-3-7-16(9-8-15)10-11-12(14)4-2-5-13(11)17/h2,4-5,17H,3,6-10H2,1H3. The Morgan fingerprint density at radius 2 is 2.06 bits per heavy atom. The second-order valence-corrected chi connectivity index (χ2v) is 5.08. The Bertz CT molecular complexity index is 363. The van der Waals surface area contributed by atoms with Crippen molar-refractivity contribution in [2.75, 3.05) is 33.2 Å². The first kappa shape index (κ1) is 12.7. The fourth-order valence-corrected chi connectivity index (χ4v) is 2.41. The van der Waals surface area contributed by atoms with Gasteiger partial charge < -0.3 is 10.0 Å². The van der Waals surface area contributed by atoms with Crippen LogP contribution in [0.5, 0.6) is 5.75 Å². The van der Waals surface area contributed by atoms with Gasteiger partial charge in [0, 0.05) is 30.2 Å². The maximum absolute atomic E-state index is 9.82. The molecule has 1 saturated heterocycles. The summed E-state index contributed by atoms with van der Waals surface area (Å²) in [5.41, 5.74) is 0.846. The molecule has 1 fully saturated rings. The zero-order valence-electron chi connectivity index (χ0n) is 10.2. The van der Waals surface area contributed by atoms with Crippen LogP contribution in [-0.4, -0.2) is 48.1 Å². The number of halogens is 1. The number of aromatic hydroxyl groups is 1. The SMILES string of the molecule is CN1CCCN(Cc2c(O)cccc2Cl)CC1. The number of hydrogen-bond acceptors (Lipinski definition) is 3. The number of phenols is 1. The lowest BCUT2D eigenvalue weighted by Gasteiger charge is -2.21. The van der Waals surface area contributed by atoms with E-state index in [0.29, 0.717) is 10.8 Å². The molecule has 4 heteroatoms. The van der Waals surface area contributed by atoms with Crippen LogP contribution in [0.4, 0.5) is 0 Å². The van der Waals surface area contributed by atoms with Crippen molar-refractivity contribution >= 4 is 11.6 Å². The molecule has 3 nitrogen and oxygen atoms in total. The molecule has 0 bridgehead atoms. The number of rotatable bonds is 2. The Morgan fingerprint density at radius 1 is 1.24 bits per heavy atom. The van der Waals surface area contributed by atoms with Crippen LogP contribution in [0.3, 0.4) is 0 Å². The van der Waals surface area contributed by atoms with E-state index in [1.54, 1.807) is 12.1 Å². The molecule has 1 aliphatic rings. The van der Waals surface area contributed by atoms with Gasteiger partial charge in [-0.3, -0.25) is 4.90 Å². The highest BCUT2D eigenvalue weighted by atomic mass is 35.5. The number of benzene rings is 1. The molecule has 1 heterocycles. The van der Waals surface area contributed by atoms with Crippen molar-refractivity contribution in [3.05, 3.63) is 28.8 Å². The topological polar surface area (TPSA) is 26.7 Å². The van der Waals surface area contributed by atoms with Crippen LogP contribution in [0, 0.1) is 0 Å².